The molecule has 1 N–H and O–H groups in total. The maximum absolute atomic E-state index is 12.8. The molecule has 0 unspecified atom stereocenters. The molecule has 3 rings (SSSR count). The first-order valence-corrected chi connectivity index (χ1v) is 10.4. The minimum atomic E-state index is -3.59. The fraction of sp³-hybridized carbons (Fsp3) is 0.556. The Kier molecular flexibility index (Phi) is 7.39. The van der Waals surface area contributed by atoms with Gasteiger partial charge in [0.25, 0.3) is 0 Å². The number of carbonyl (C=O) groups excluding carboxylic acids is 2. The summed E-state index contributed by atoms with van der Waals surface area (Å²) in [6.45, 7) is 5.21. The van der Waals surface area contributed by atoms with Crippen molar-refractivity contribution in [3.63, 3.8) is 0 Å². The SMILES string of the molecule is CC(=O)c1ccc(S(=O)(=O)N2CCC(C(=O)N3CCNCC3)CC2)cc1.Cl. The van der Waals surface area contributed by atoms with Crippen molar-refractivity contribution in [1.29, 1.82) is 0 Å². The second-order valence-electron chi connectivity index (χ2n) is 6.83. The number of hydrogen-bond donors (Lipinski definition) is 1. The number of amides is 1. The summed E-state index contributed by atoms with van der Waals surface area (Å²) in [4.78, 5) is 26.0. The van der Waals surface area contributed by atoms with E-state index in [1.54, 1.807) is 0 Å². The molecule has 9 heteroatoms. The summed E-state index contributed by atoms with van der Waals surface area (Å²) in [6, 6.07) is 6.03. The standard InChI is InChI=1S/C18H25N3O4S.ClH/c1-14(22)15-2-4-17(5-3-15)26(24,25)21-10-6-16(7-11-21)18(23)20-12-8-19-9-13-20;/h2-5,16,19H,6-13H2,1H3;1H. The number of ketones is 1. The smallest absolute Gasteiger partial charge is 0.243 e. The quantitative estimate of drug-likeness (QED) is 0.745. The Hall–Kier alpha value is -1.48. The lowest BCUT2D eigenvalue weighted by molar-refractivity contribution is -0.137. The van der Waals surface area contributed by atoms with Crippen LogP contribution < -0.4 is 5.32 Å². The summed E-state index contributed by atoms with van der Waals surface area (Å²) in [5.74, 6) is -0.0461. The van der Waals surface area contributed by atoms with Crippen molar-refractivity contribution in [2.45, 2.75) is 24.7 Å². The molecule has 0 aliphatic carbocycles. The van der Waals surface area contributed by atoms with Gasteiger partial charge in [-0.1, -0.05) is 12.1 Å². The highest BCUT2D eigenvalue weighted by Gasteiger charge is 2.34. The number of carbonyl (C=O) groups is 2. The summed E-state index contributed by atoms with van der Waals surface area (Å²) >= 11 is 0. The number of piperidine rings is 1. The van der Waals surface area contributed by atoms with E-state index in [1.165, 1.54) is 35.5 Å². The molecule has 0 aromatic heterocycles. The third-order valence-electron chi connectivity index (χ3n) is 5.13. The topological polar surface area (TPSA) is 86.8 Å². The summed E-state index contributed by atoms with van der Waals surface area (Å²) in [7, 11) is -3.59. The Morgan fingerprint density at radius 1 is 1.00 bits per heavy atom. The van der Waals surface area contributed by atoms with Gasteiger partial charge < -0.3 is 10.2 Å². The van der Waals surface area contributed by atoms with E-state index in [0.29, 0.717) is 31.5 Å². The van der Waals surface area contributed by atoms with Gasteiger partial charge in [-0.25, -0.2) is 8.42 Å². The second-order valence-corrected chi connectivity index (χ2v) is 8.77. The number of halogens is 1. The van der Waals surface area contributed by atoms with Gasteiger partial charge in [-0.2, -0.15) is 4.31 Å². The van der Waals surface area contributed by atoms with Crippen molar-refractivity contribution in [3.05, 3.63) is 29.8 Å². The highest BCUT2D eigenvalue weighted by atomic mass is 35.5. The molecule has 0 atom stereocenters. The molecule has 2 aliphatic heterocycles. The lowest BCUT2D eigenvalue weighted by atomic mass is 9.96. The van der Waals surface area contributed by atoms with Gasteiger partial charge in [-0.15, -0.1) is 12.4 Å². The van der Waals surface area contributed by atoms with E-state index in [1.807, 2.05) is 4.90 Å². The van der Waals surface area contributed by atoms with Crippen LogP contribution in [-0.2, 0) is 14.8 Å². The number of Topliss-reactive ketones (excluding diaryl/α,β-unsaturated/α-hetero) is 1. The van der Waals surface area contributed by atoms with Gasteiger partial charge in [0.05, 0.1) is 4.90 Å². The van der Waals surface area contributed by atoms with Crippen LogP contribution in [0.25, 0.3) is 0 Å². The first kappa shape index (κ1) is 21.8. The first-order valence-electron chi connectivity index (χ1n) is 9.00. The van der Waals surface area contributed by atoms with Crippen LogP contribution in [0.15, 0.2) is 29.2 Å². The summed E-state index contributed by atoms with van der Waals surface area (Å²) in [5.41, 5.74) is 0.490. The molecular weight excluding hydrogens is 390 g/mol. The van der Waals surface area contributed by atoms with Crippen LogP contribution in [0.4, 0.5) is 0 Å². The Morgan fingerprint density at radius 2 is 1.56 bits per heavy atom. The summed E-state index contributed by atoms with van der Waals surface area (Å²) in [5, 5.41) is 3.23. The fourth-order valence-electron chi connectivity index (χ4n) is 3.50. The van der Waals surface area contributed by atoms with Crippen molar-refractivity contribution in [1.82, 2.24) is 14.5 Å². The molecule has 2 aliphatic rings. The van der Waals surface area contributed by atoms with E-state index in [0.717, 1.165) is 26.2 Å². The zero-order chi connectivity index (χ0) is 18.7. The monoisotopic (exact) mass is 415 g/mol. The number of sulfonamides is 1. The minimum Gasteiger partial charge on any atom is -0.340 e. The third-order valence-corrected chi connectivity index (χ3v) is 7.04. The molecule has 2 heterocycles. The Labute approximate surface area is 166 Å². The average Bonchev–Trinajstić information content (AvgIpc) is 2.68. The summed E-state index contributed by atoms with van der Waals surface area (Å²) in [6.07, 6.45) is 1.10. The molecule has 2 saturated heterocycles. The average molecular weight is 416 g/mol. The maximum atomic E-state index is 12.8. The second kappa shape index (κ2) is 9.14. The van der Waals surface area contributed by atoms with E-state index in [2.05, 4.69) is 5.32 Å². The van der Waals surface area contributed by atoms with Crippen molar-refractivity contribution in [3.8, 4) is 0 Å². The molecule has 1 aromatic carbocycles. The summed E-state index contributed by atoms with van der Waals surface area (Å²) < 4.78 is 27.0. The van der Waals surface area contributed by atoms with Crippen LogP contribution >= 0.6 is 12.4 Å². The molecule has 0 spiro atoms. The lowest BCUT2D eigenvalue weighted by Crippen LogP contribution is -2.50. The van der Waals surface area contributed by atoms with Crippen molar-refractivity contribution in [2.24, 2.45) is 5.92 Å². The zero-order valence-electron chi connectivity index (χ0n) is 15.4. The van der Waals surface area contributed by atoms with Crippen LogP contribution in [0, 0.1) is 5.92 Å². The Bertz CT molecular complexity index is 768. The predicted molar refractivity (Wildman–Crippen MR) is 105 cm³/mol. The van der Waals surface area contributed by atoms with Crippen LogP contribution in [0.1, 0.15) is 30.1 Å². The van der Waals surface area contributed by atoms with E-state index in [9.17, 15) is 18.0 Å². The number of hydrogen-bond acceptors (Lipinski definition) is 5. The molecule has 0 saturated carbocycles. The number of piperazine rings is 1. The minimum absolute atomic E-state index is 0. The highest BCUT2D eigenvalue weighted by Crippen LogP contribution is 2.25. The van der Waals surface area contributed by atoms with Crippen molar-refractivity contribution >= 4 is 34.1 Å². The molecule has 27 heavy (non-hydrogen) atoms. The normalized spacial score (nSPS) is 19.4. The van der Waals surface area contributed by atoms with E-state index in [4.69, 9.17) is 0 Å². The molecule has 0 bridgehead atoms. The van der Waals surface area contributed by atoms with E-state index >= 15 is 0 Å². The van der Waals surface area contributed by atoms with Crippen molar-refractivity contribution < 1.29 is 18.0 Å². The number of nitrogens with zero attached hydrogens (tertiary/aromatic N) is 2. The van der Waals surface area contributed by atoms with E-state index in [-0.39, 0.29) is 34.9 Å². The Balaban J connectivity index is 0.00000261. The van der Waals surface area contributed by atoms with Gasteiger partial charge in [0.1, 0.15) is 0 Å². The Morgan fingerprint density at radius 3 is 2.07 bits per heavy atom. The molecule has 2 fully saturated rings. The fourth-order valence-corrected chi connectivity index (χ4v) is 4.97. The molecular formula is C18H26ClN3O4S. The molecule has 0 radical (unpaired) electrons. The molecule has 1 amide bonds. The third kappa shape index (κ3) is 4.87. The van der Waals surface area contributed by atoms with Gasteiger partial charge in [-0.05, 0) is 31.9 Å². The van der Waals surface area contributed by atoms with Crippen LogP contribution in [-0.4, -0.2) is 68.6 Å². The van der Waals surface area contributed by atoms with Crippen LogP contribution in [0.5, 0.6) is 0 Å². The van der Waals surface area contributed by atoms with Gasteiger partial charge in [0, 0.05) is 50.7 Å². The zero-order valence-corrected chi connectivity index (χ0v) is 17.0. The maximum Gasteiger partial charge on any atom is 0.243 e. The van der Waals surface area contributed by atoms with E-state index < -0.39 is 10.0 Å². The lowest BCUT2D eigenvalue weighted by Gasteiger charge is -2.35. The molecule has 1 aromatic rings. The number of benzene rings is 1. The van der Waals surface area contributed by atoms with Gasteiger partial charge in [0.15, 0.2) is 5.78 Å². The van der Waals surface area contributed by atoms with Crippen molar-refractivity contribution in [2.75, 3.05) is 39.3 Å². The first-order chi connectivity index (χ1) is 12.4. The van der Waals surface area contributed by atoms with Gasteiger partial charge in [0.2, 0.25) is 15.9 Å². The number of rotatable bonds is 4. The molecule has 150 valence electrons. The van der Waals surface area contributed by atoms with Crippen LogP contribution in [0.3, 0.4) is 0 Å². The van der Waals surface area contributed by atoms with Crippen LogP contribution in [0.2, 0.25) is 0 Å². The highest BCUT2D eigenvalue weighted by molar-refractivity contribution is 7.89. The van der Waals surface area contributed by atoms with Gasteiger partial charge >= 0.3 is 0 Å². The van der Waals surface area contributed by atoms with Gasteiger partial charge in [-0.3, -0.25) is 9.59 Å². The number of nitrogens with one attached hydrogen (secondary N) is 1. The largest absolute Gasteiger partial charge is 0.340 e. The molecule has 7 nitrogen and oxygen atoms in total. The predicted octanol–water partition coefficient (Wildman–Crippen LogP) is 1.14.